The predicted molar refractivity (Wildman–Crippen MR) is 136 cm³/mol. The van der Waals surface area contributed by atoms with Gasteiger partial charge in [-0.2, -0.15) is 0 Å². The van der Waals surface area contributed by atoms with Crippen LogP contribution in [0.25, 0.3) is 0 Å². The summed E-state index contributed by atoms with van der Waals surface area (Å²) in [5, 5.41) is 7.53. The molecule has 0 amide bonds. The maximum absolute atomic E-state index is 5.94. The molecule has 0 fully saturated rings. The Morgan fingerprint density at radius 3 is 2.27 bits per heavy atom. The standard InChI is InChI=1S/C22H31ClN4O2.HI/c1-24-22(25-13-12-16-6-9-18(23)10-7-16)26-15-19(27(2)3)17-8-11-20(28-4)21(14-17)29-5;/h6-11,14,19H,12-13,15H2,1-5H3,(H2,24,25,26);1H. The third-order valence-electron chi connectivity index (χ3n) is 4.72. The molecule has 0 saturated heterocycles. The summed E-state index contributed by atoms with van der Waals surface area (Å²) in [7, 11) is 9.18. The fourth-order valence-corrected chi connectivity index (χ4v) is 3.17. The number of likely N-dealkylation sites (N-methyl/N-ethyl adjacent to an activating group) is 1. The maximum Gasteiger partial charge on any atom is 0.191 e. The van der Waals surface area contributed by atoms with Crippen molar-refractivity contribution in [2.75, 3.05) is 48.5 Å². The summed E-state index contributed by atoms with van der Waals surface area (Å²) in [4.78, 5) is 6.49. The van der Waals surface area contributed by atoms with E-state index in [2.05, 4.69) is 40.7 Å². The molecule has 0 radical (unpaired) electrons. The highest BCUT2D eigenvalue weighted by molar-refractivity contribution is 14.0. The molecule has 0 aliphatic heterocycles. The summed E-state index contributed by atoms with van der Waals surface area (Å²) in [6.45, 7) is 1.48. The van der Waals surface area contributed by atoms with Gasteiger partial charge in [-0.1, -0.05) is 29.8 Å². The summed E-state index contributed by atoms with van der Waals surface area (Å²) < 4.78 is 10.8. The Labute approximate surface area is 202 Å². The fraction of sp³-hybridized carbons (Fsp3) is 0.409. The molecular weight excluding hydrogens is 515 g/mol. The monoisotopic (exact) mass is 546 g/mol. The average Bonchev–Trinajstić information content (AvgIpc) is 2.73. The van der Waals surface area contributed by atoms with Gasteiger partial charge in [-0.15, -0.1) is 24.0 Å². The van der Waals surface area contributed by atoms with Crippen LogP contribution in [0.1, 0.15) is 17.2 Å². The van der Waals surface area contributed by atoms with Crippen LogP contribution in [0.2, 0.25) is 5.02 Å². The van der Waals surface area contributed by atoms with Gasteiger partial charge in [0.15, 0.2) is 17.5 Å². The topological polar surface area (TPSA) is 58.1 Å². The first kappa shape index (κ1) is 26.3. The number of ether oxygens (including phenoxy) is 2. The van der Waals surface area contributed by atoms with E-state index in [9.17, 15) is 0 Å². The largest absolute Gasteiger partial charge is 0.493 e. The van der Waals surface area contributed by atoms with Crippen molar-refractivity contribution in [3.8, 4) is 11.5 Å². The normalized spacial score (nSPS) is 12.2. The fourth-order valence-electron chi connectivity index (χ4n) is 3.05. The van der Waals surface area contributed by atoms with Crippen molar-refractivity contribution in [3.05, 3.63) is 58.6 Å². The van der Waals surface area contributed by atoms with Gasteiger partial charge in [0.2, 0.25) is 0 Å². The van der Waals surface area contributed by atoms with Crippen LogP contribution in [0.4, 0.5) is 0 Å². The molecule has 1 atom stereocenters. The van der Waals surface area contributed by atoms with Gasteiger partial charge >= 0.3 is 0 Å². The third-order valence-corrected chi connectivity index (χ3v) is 4.97. The number of hydrogen-bond donors (Lipinski definition) is 2. The molecule has 0 saturated carbocycles. The van der Waals surface area contributed by atoms with Crippen LogP contribution in [0, 0.1) is 0 Å². The van der Waals surface area contributed by atoms with Gasteiger partial charge in [-0.05, 0) is 55.9 Å². The van der Waals surface area contributed by atoms with Crippen LogP contribution in [-0.4, -0.2) is 59.3 Å². The molecule has 0 heterocycles. The number of nitrogens with one attached hydrogen (secondary N) is 2. The molecule has 2 aromatic carbocycles. The summed E-state index contributed by atoms with van der Waals surface area (Å²) in [5.74, 6) is 2.22. The Hall–Kier alpha value is -1.71. The number of halogens is 2. The second-order valence-electron chi connectivity index (χ2n) is 6.85. The van der Waals surface area contributed by atoms with E-state index in [1.54, 1.807) is 21.3 Å². The molecule has 0 aliphatic rings. The SMILES string of the molecule is CN=C(NCCc1ccc(Cl)cc1)NCC(c1ccc(OC)c(OC)c1)N(C)C.I. The highest BCUT2D eigenvalue weighted by atomic mass is 127. The van der Waals surface area contributed by atoms with Crippen molar-refractivity contribution < 1.29 is 9.47 Å². The predicted octanol–water partition coefficient (Wildman–Crippen LogP) is 3.99. The minimum absolute atomic E-state index is 0. The summed E-state index contributed by atoms with van der Waals surface area (Å²) >= 11 is 5.94. The quantitative estimate of drug-likeness (QED) is 0.283. The molecule has 6 nitrogen and oxygen atoms in total. The van der Waals surface area contributed by atoms with Crippen molar-refractivity contribution in [1.29, 1.82) is 0 Å². The molecule has 0 spiro atoms. The maximum atomic E-state index is 5.94. The molecule has 1 unspecified atom stereocenters. The van der Waals surface area contributed by atoms with Crippen molar-refractivity contribution in [2.45, 2.75) is 12.5 Å². The first-order chi connectivity index (χ1) is 14.0. The van der Waals surface area contributed by atoms with Gasteiger partial charge in [-0.25, -0.2) is 0 Å². The number of nitrogens with zero attached hydrogens (tertiary/aromatic N) is 2. The summed E-state index contributed by atoms with van der Waals surface area (Å²) in [6.07, 6.45) is 0.894. The first-order valence-electron chi connectivity index (χ1n) is 9.55. The first-order valence-corrected chi connectivity index (χ1v) is 9.93. The molecule has 0 aliphatic carbocycles. The molecule has 166 valence electrons. The molecule has 8 heteroatoms. The van der Waals surface area contributed by atoms with E-state index in [1.807, 2.05) is 36.4 Å². The van der Waals surface area contributed by atoms with E-state index in [4.69, 9.17) is 21.1 Å². The lowest BCUT2D eigenvalue weighted by Gasteiger charge is -2.26. The van der Waals surface area contributed by atoms with Crippen LogP contribution in [0.5, 0.6) is 11.5 Å². The van der Waals surface area contributed by atoms with E-state index in [-0.39, 0.29) is 30.0 Å². The number of hydrogen-bond acceptors (Lipinski definition) is 4. The van der Waals surface area contributed by atoms with Crippen molar-refractivity contribution in [1.82, 2.24) is 15.5 Å². The minimum Gasteiger partial charge on any atom is -0.493 e. The van der Waals surface area contributed by atoms with Crippen LogP contribution in [-0.2, 0) is 6.42 Å². The van der Waals surface area contributed by atoms with E-state index >= 15 is 0 Å². The number of methoxy groups -OCH3 is 2. The Balaban J connectivity index is 0.00000450. The Kier molecular flexibility index (Phi) is 11.9. The minimum atomic E-state index is 0. The number of aliphatic imine (C=N–C) groups is 1. The second kappa shape index (κ2) is 13.6. The van der Waals surface area contributed by atoms with Gasteiger partial charge in [0.1, 0.15) is 0 Å². The second-order valence-corrected chi connectivity index (χ2v) is 7.29. The molecule has 2 rings (SSSR count). The van der Waals surface area contributed by atoms with Gasteiger partial charge in [-0.3, -0.25) is 4.99 Å². The van der Waals surface area contributed by atoms with Gasteiger partial charge in [0.25, 0.3) is 0 Å². The van der Waals surface area contributed by atoms with Crippen LogP contribution < -0.4 is 20.1 Å². The summed E-state index contributed by atoms with van der Waals surface area (Å²) in [6, 6.07) is 14.1. The molecular formula is C22H32ClIN4O2. The zero-order valence-electron chi connectivity index (χ0n) is 18.2. The number of benzene rings is 2. The Morgan fingerprint density at radius 1 is 1.03 bits per heavy atom. The van der Waals surface area contributed by atoms with Crippen molar-refractivity contribution in [3.63, 3.8) is 0 Å². The molecule has 30 heavy (non-hydrogen) atoms. The van der Waals surface area contributed by atoms with Gasteiger partial charge in [0.05, 0.1) is 20.3 Å². The lowest BCUT2D eigenvalue weighted by atomic mass is 10.1. The Morgan fingerprint density at radius 2 is 1.70 bits per heavy atom. The lowest BCUT2D eigenvalue weighted by molar-refractivity contribution is 0.295. The van der Waals surface area contributed by atoms with E-state index in [0.29, 0.717) is 6.54 Å². The average molecular weight is 547 g/mol. The highest BCUT2D eigenvalue weighted by Gasteiger charge is 2.17. The van der Waals surface area contributed by atoms with Gasteiger partial charge in [0, 0.05) is 25.2 Å². The van der Waals surface area contributed by atoms with Crippen molar-refractivity contribution in [2.24, 2.45) is 4.99 Å². The zero-order valence-corrected chi connectivity index (χ0v) is 21.3. The third kappa shape index (κ3) is 7.85. The van der Waals surface area contributed by atoms with Gasteiger partial charge < -0.3 is 25.0 Å². The van der Waals surface area contributed by atoms with E-state index in [0.717, 1.165) is 41.0 Å². The van der Waals surface area contributed by atoms with Crippen LogP contribution in [0.3, 0.4) is 0 Å². The lowest BCUT2D eigenvalue weighted by Crippen LogP contribution is -2.42. The zero-order chi connectivity index (χ0) is 21.2. The molecule has 2 aromatic rings. The number of guanidine groups is 1. The molecule has 0 bridgehead atoms. The molecule has 2 N–H and O–H groups in total. The van der Waals surface area contributed by atoms with Crippen molar-refractivity contribution >= 4 is 41.5 Å². The summed E-state index contributed by atoms with van der Waals surface area (Å²) in [5.41, 5.74) is 2.37. The van der Waals surface area contributed by atoms with Crippen LogP contribution >= 0.6 is 35.6 Å². The highest BCUT2D eigenvalue weighted by Crippen LogP contribution is 2.31. The Bertz CT molecular complexity index is 800. The van der Waals surface area contributed by atoms with E-state index < -0.39 is 0 Å². The molecule has 0 aromatic heterocycles. The van der Waals surface area contributed by atoms with Crippen LogP contribution in [0.15, 0.2) is 47.5 Å². The number of rotatable bonds is 9. The smallest absolute Gasteiger partial charge is 0.191 e. The van der Waals surface area contributed by atoms with E-state index in [1.165, 1.54) is 5.56 Å².